The molecule has 1 amide bonds. The van der Waals surface area contributed by atoms with Gasteiger partial charge in [0.1, 0.15) is 5.82 Å². The number of nitrogens with zero attached hydrogens (tertiary/aromatic N) is 2. The SMILES string of the molecule is C[C@H](C(=O)NCc1ccc(F)cc1)N1CCN(c2cccc(Cl)c2)CC1. The van der Waals surface area contributed by atoms with Gasteiger partial charge in [-0.25, -0.2) is 4.39 Å². The van der Waals surface area contributed by atoms with E-state index in [1.165, 1.54) is 12.1 Å². The van der Waals surface area contributed by atoms with Crippen LogP contribution in [0.2, 0.25) is 5.02 Å². The zero-order chi connectivity index (χ0) is 18.5. The van der Waals surface area contributed by atoms with Gasteiger partial charge in [-0.2, -0.15) is 0 Å². The van der Waals surface area contributed by atoms with E-state index in [1.807, 2.05) is 25.1 Å². The van der Waals surface area contributed by atoms with E-state index < -0.39 is 0 Å². The summed E-state index contributed by atoms with van der Waals surface area (Å²) < 4.78 is 12.9. The first-order valence-corrected chi connectivity index (χ1v) is 9.17. The highest BCUT2D eigenvalue weighted by Crippen LogP contribution is 2.21. The minimum atomic E-state index is -0.272. The van der Waals surface area contributed by atoms with Crippen molar-refractivity contribution in [1.29, 1.82) is 0 Å². The third kappa shape index (κ3) is 4.74. The van der Waals surface area contributed by atoms with Crippen LogP contribution < -0.4 is 10.2 Å². The summed E-state index contributed by atoms with van der Waals surface area (Å²) in [4.78, 5) is 16.9. The van der Waals surface area contributed by atoms with Crippen LogP contribution in [0.5, 0.6) is 0 Å². The molecule has 6 heteroatoms. The van der Waals surface area contributed by atoms with Gasteiger partial charge < -0.3 is 10.2 Å². The summed E-state index contributed by atoms with van der Waals surface area (Å²) >= 11 is 6.07. The summed E-state index contributed by atoms with van der Waals surface area (Å²) in [5.41, 5.74) is 2.00. The quantitative estimate of drug-likeness (QED) is 0.870. The first-order chi connectivity index (χ1) is 12.5. The van der Waals surface area contributed by atoms with Crippen LogP contribution in [-0.2, 0) is 11.3 Å². The highest BCUT2D eigenvalue weighted by atomic mass is 35.5. The molecule has 2 aromatic carbocycles. The Morgan fingerprint density at radius 3 is 2.50 bits per heavy atom. The molecule has 1 aliphatic heterocycles. The summed E-state index contributed by atoms with van der Waals surface area (Å²) in [6.07, 6.45) is 0. The number of carbonyl (C=O) groups excluding carboxylic acids is 1. The molecule has 0 spiro atoms. The number of hydrogen-bond acceptors (Lipinski definition) is 3. The summed E-state index contributed by atoms with van der Waals surface area (Å²) in [5, 5.41) is 3.67. The maximum absolute atomic E-state index is 12.9. The third-order valence-corrected chi connectivity index (χ3v) is 5.03. The molecule has 26 heavy (non-hydrogen) atoms. The van der Waals surface area contributed by atoms with E-state index in [0.29, 0.717) is 6.54 Å². The average Bonchev–Trinajstić information content (AvgIpc) is 2.67. The Balaban J connectivity index is 1.48. The lowest BCUT2D eigenvalue weighted by molar-refractivity contribution is -0.126. The van der Waals surface area contributed by atoms with Gasteiger partial charge in [0.05, 0.1) is 6.04 Å². The molecule has 1 heterocycles. The number of halogens is 2. The topological polar surface area (TPSA) is 35.6 Å². The molecule has 4 nitrogen and oxygen atoms in total. The normalized spacial score (nSPS) is 16.3. The number of anilines is 1. The minimum Gasteiger partial charge on any atom is -0.369 e. The van der Waals surface area contributed by atoms with Gasteiger partial charge in [-0.15, -0.1) is 0 Å². The highest BCUT2D eigenvalue weighted by molar-refractivity contribution is 6.30. The molecule has 0 unspecified atom stereocenters. The first kappa shape index (κ1) is 18.7. The number of piperazine rings is 1. The molecule has 0 radical (unpaired) electrons. The van der Waals surface area contributed by atoms with E-state index >= 15 is 0 Å². The molecule has 0 aromatic heterocycles. The minimum absolute atomic E-state index is 0.00877. The molecule has 3 rings (SSSR count). The van der Waals surface area contributed by atoms with Crippen LogP contribution in [0.1, 0.15) is 12.5 Å². The Bertz CT molecular complexity index is 745. The van der Waals surface area contributed by atoms with Crippen molar-refractivity contribution in [3.8, 4) is 0 Å². The van der Waals surface area contributed by atoms with Crippen LogP contribution in [0, 0.1) is 5.82 Å². The van der Waals surface area contributed by atoms with Gasteiger partial charge in [0.25, 0.3) is 0 Å². The van der Waals surface area contributed by atoms with Crippen LogP contribution >= 0.6 is 11.6 Å². The van der Waals surface area contributed by atoms with Gasteiger partial charge in [0.2, 0.25) is 5.91 Å². The van der Waals surface area contributed by atoms with Crippen molar-refractivity contribution in [3.05, 3.63) is 64.9 Å². The number of rotatable bonds is 5. The molecule has 1 fully saturated rings. The number of hydrogen-bond donors (Lipinski definition) is 1. The van der Waals surface area contributed by atoms with E-state index in [-0.39, 0.29) is 17.8 Å². The number of carbonyl (C=O) groups is 1. The molecule has 1 aliphatic rings. The molecular formula is C20H23ClFN3O. The van der Waals surface area contributed by atoms with Crippen molar-refractivity contribution in [2.24, 2.45) is 0 Å². The van der Waals surface area contributed by atoms with Crippen molar-refractivity contribution < 1.29 is 9.18 Å². The highest BCUT2D eigenvalue weighted by Gasteiger charge is 2.25. The van der Waals surface area contributed by atoms with Crippen LogP contribution in [0.3, 0.4) is 0 Å². The Morgan fingerprint density at radius 2 is 1.85 bits per heavy atom. The van der Waals surface area contributed by atoms with Crippen molar-refractivity contribution in [3.63, 3.8) is 0 Å². The molecule has 1 atom stereocenters. The van der Waals surface area contributed by atoms with E-state index in [0.717, 1.165) is 42.5 Å². The van der Waals surface area contributed by atoms with E-state index in [2.05, 4.69) is 21.2 Å². The van der Waals surface area contributed by atoms with Crippen molar-refractivity contribution in [2.75, 3.05) is 31.1 Å². The standard InChI is InChI=1S/C20H23ClFN3O/c1-15(20(26)23-14-16-5-7-18(22)8-6-16)24-9-11-25(12-10-24)19-4-2-3-17(21)13-19/h2-8,13,15H,9-12,14H2,1H3,(H,23,26)/t15-/m1/s1. The molecule has 0 saturated carbocycles. The zero-order valence-electron chi connectivity index (χ0n) is 14.8. The van der Waals surface area contributed by atoms with Gasteiger partial charge in [-0.1, -0.05) is 29.8 Å². The fraction of sp³-hybridized carbons (Fsp3) is 0.350. The predicted molar refractivity (Wildman–Crippen MR) is 103 cm³/mol. The average molecular weight is 376 g/mol. The smallest absolute Gasteiger partial charge is 0.237 e. The van der Waals surface area contributed by atoms with Crippen LogP contribution in [0.15, 0.2) is 48.5 Å². The molecule has 1 N–H and O–H groups in total. The fourth-order valence-corrected chi connectivity index (χ4v) is 3.33. The molecule has 0 bridgehead atoms. The van der Waals surface area contributed by atoms with E-state index in [1.54, 1.807) is 12.1 Å². The van der Waals surface area contributed by atoms with Crippen LogP contribution in [-0.4, -0.2) is 43.0 Å². The van der Waals surface area contributed by atoms with Gasteiger partial charge in [-0.05, 0) is 42.8 Å². The lowest BCUT2D eigenvalue weighted by atomic mass is 10.2. The number of amides is 1. The lowest BCUT2D eigenvalue weighted by Gasteiger charge is -2.38. The molecule has 0 aliphatic carbocycles. The molecule has 2 aromatic rings. The second kappa shape index (κ2) is 8.52. The Kier molecular flexibility index (Phi) is 6.12. The van der Waals surface area contributed by atoms with Crippen LogP contribution in [0.4, 0.5) is 10.1 Å². The van der Waals surface area contributed by atoms with Gasteiger partial charge in [0.15, 0.2) is 0 Å². The summed E-state index contributed by atoms with van der Waals surface area (Å²) in [6.45, 7) is 5.68. The Hall–Kier alpha value is -2.11. The molecule has 1 saturated heterocycles. The molecule has 138 valence electrons. The summed E-state index contributed by atoms with van der Waals surface area (Å²) in [5.74, 6) is -0.281. The number of nitrogens with one attached hydrogen (secondary N) is 1. The lowest BCUT2D eigenvalue weighted by Crippen LogP contribution is -2.53. The maximum Gasteiger partial charge on any atom is 0.237 e. The second-order valence-corrected chi connectivity index (χ2v) is 6.96. The van der Waals surface area contributed by atoms with Gasteiger partial charge in [0, 0.05) is 43.4 Å². The van der Waals surface area contributed by atoms with E-state index in [9.17, 15) is 9.18 Å². The fourth-order valence-electron chi connectivity index (χ4n) is 3.15. The van der Waals surface area contributed by atoms with Crippen molar-refractivity contribution >= 4 is 23.2 Å². The van der Waals surface area contributed by atoms with Crippen molar-refractivity contribution in [1.82, 2.24) is 10.2 Å². The summed E-state index contributed by atoms with van der Waals surface area (Å²) in [6, 6.07) is 13.8. The third-order valence-electron chi connectivity index (χ3n) is 4.79. The van der Waals surface area contributed by atoms with Crippen LogP contribution in [0.25, 0.3) is 0 Å². The first-order valence-electron chi connectivity index (χ1n) is 8.79. The van der Waals surface area contributed by atoms with Gasteiger partial charge in [-0.3, -0.25) is 9.69 Å². The van der Waals surface area contributed by atoms with Gasteiger partial charge >= 0.3 is 0 Å². The zero-order valence-corrected chi connectivity index (χ0v) is 15.5. The monoisotopic (exact) mass is 375 g/mol. The van der Waals surface area contributed by atoms with Crippen molar-refractivity contribution in [2.45, 2.75) is 19.5 Å². The maximum atomic E-state index is 12.9. The Labute approximate surface area is 158 Å². The second-order valence-electron chi connectivity index (χ2n) is 6.52. The Morgan fingerprint density at radius 1 is 1.15 bits per heavy atom. The van der Waals surface area contributed by atoms with E-state index in [4.69, 9.17) is 11.6 Å². The predicted octanol–water partition coefficient (Wildman–Crippen LogP) is 3.31. The number of benzene rings is 2. The largest absolute Gasteiger partial charge is 0.369 e. The molecular weight excluding hydrogens is 353 g/mol. The summed E-state index contributed by atoms with van der Waals surface area (Å²) in [7, 11) is 0.